The van der Waals surface area contributed by atoms with Crippen molar-refractivity contribution in [1.82, 2.24) is 4.72 Å². The highest BCUT2D eigenvalue weighted by molar-refractivity contribution is 7.89. The summed E-state index contributed by atoms with van der Waals surface area (Å²) in [5.74, 6) is 0. The van der Waals surface area contributed by atoms with E-state index in [0.29, 0.717) is 11.4 Å². The van der Waals surface area contributed by atoms with Gasteiger partial charge in [0, 0.05) is 12.6 Å². The Hall–Kier alpha value is -0.910. The highest BCUT2D eigenvalue weighted by Crippen LogP contribution is 2.45. The maximum absolute atomic E-state index is 12.2. The van der Waals surface area contributed by atoms with Gasteiger partial charge in [-0.1, -0.05) is 26.0 Å². The fraction of sp³-hybridized carbons (Fsp3) is 0.538. The lowest BCUT2D eigenvalue weighted by atomic mass is 10.1. The molecule has 1 aromatic rings. The molecule has 0 aromatic heterocycles. The number of nitrogens with two attached hydrogens (primary N) is 1. The van der Waals surface area contributed by atoms with Gasteiger partial charge in [-0.2, -0.15) is 0 Å². The Labute approximate surface area is 109 Å². The standard InChI is InChI=1S/C13H20N2O2S/c1-9-6-10(8-14)4-5-11(9)18(16,17)15-12-7-13(12,2)3/h4-6,12,15H,7-8,14H2,1-3H3. The summed E-state index contributed by atoms with van der Waals surface area (Å²) in [7, 11) is -3.41. The molecule has 0 amide bonds. The third kappa shape index (κ3) is 2.58. The van der Waals surface area contributed by atoms with Crippen molar-refractivity contribution in [2.75, 3.05) is 0 Å². The van der Waals surface area contributed by atoms with E-state index in [1.165, 1.54) is 0 Å². The van der Waals surface area contributed by atoms with Crippen molar-refractivity contribution < 1.29 is 8.42 Å². The second-order valence-electron chi connectivity index (χ2n) is 5.67. The molecular weight excluding hydrogens is 248 g/mol. The molecule has 1 aliphatic carbocycles. The Bertz CT molecular complexity index is 564. The maximum atomic E-state index is 12.2. The molecule has 1 unspecified atom stereocenters. The summed E-state index contributed by atoms with van der Waals surface area (Å²) in [5.41, 5.74) is 7.30. The third-order valence-electron chi connectivity index (χ3n) is 3.58. The van der Waals surface area contributed by atoms with Crippen molar-refractivity contribution in [1.29, 1.82) is 0 Å². The van der Waals surface area contributed by atoms with Crippen LogP contribution in [0.3, 0.4) is 0 Å². The number of nitrogens with one attached hydrogen (secondary N) is 1. The van der Waals surface area contributed by atoms with Crippen LogP contribution in [0.2, 0.25) is 0 Å². The molecule has 0 bridgehead atoms. The molecule has 0 saturated heterocycles. The van der Waals surface area contributed by atoms with Crippen molar-refractivity contribution in [3.63, 3.8) is 0 Å². The molecule has 3 N–H and O–H groups in total. The normalized spacial score (nSPS) is 21.9. The molecule has 1 atom stereocenters. The molecular formula is C13H20N2O2S. The van der Waals surface area contributed by atoms with Crippen LogP contribution in [0.1, 0.15) is 31.4 Å². The summed E-state index contributed by atoms with van der Waals surface area (Å²) in [4.78, 5) is 0.349. The van der Waals surface area contributed by atoms with E-state index < -0.39 is 10.0 Å². The summed E-state index contributed by atoms with van der Waals surface area (Å²) in [6.07, 6.45) is 0.895. The molecule has 100 valence electrons. The van der Waals surface area contributed by atoms with Gasteiger partial charge in [0.05, 0.1) is 4.90 Å². The highest BCUT2D eigenvalue weighted by atomic mass is 32.2. The fourth-order valence-corrected chi connectivity index (χ4v) is 3.69. The van der Waals surface area contributed by atoms with Crippen molar-refractivity contribution in [3.8, 4) is 0 Å². The quantitative estimate of drug-likeness (QED) is 0.870. The zero-order valence-corrected chi connectivity index (χ0v) is 11.8. The maximum Gasteiger partial charge on any atom is 0.241 e. The molecule has 2 rings (SSSR count). The minimum absolute atomic E-state index is 0.0519. The zero-order valence-electron chi connectivity index (χ0n) is 11.0. The summed E-state index contributed by atoms with van der Waals surface area (Å²) >= 11 is 0. The molecule has 0 radical (unpaired) electrons. The van der Waals surface area contributed by atoms with Gasteiger partial charge in [-0.25, -0.2) is 13.1 Å². The minimum atomic E-state index is -3.41. The second-order valence-corrected chi connectivity index (χ2v) is 7.35. The number of sulfonamides is 1. The van der Waals surface area contributed by atoms with Crippen LogP contribution in [0, 0.1) is 12.3 Å². The van der Waals surface area contributed by atoms with Crippen molar-refractivity contribution in [2.45, 2.75) is 44.7 Å². The Kier molecular flexibility index (Phi) is 3.25. The lowest BCUT2D eigenvalue weighted by molar-refractivity contribution is 0.554. The van der Waals surface area contributed by atoms with Crippen LogP contribution >= 0.6 is 0 Å². The number of hydrogen-bond donors (Lipinski definition) is 2. The van der Waals surface area contributed by atoms with Gasteiger partial charge in [0.25, 0.3) is 0 Å². The fourth-order valence-electron chi connectivity index (χ4n) is 2.06. The van der Waals surface area contributed by atoms with Crippen LogP contribution < -0.4 is 10.5 Å². The number of benzene rings is 1. The van der Waals surface area contributed by atoms with E-state index in [1.807, 2.05) is 6.07 Å². The van der Waals surface area contributed by atoms with Gasteiger partial charge < -0.3 is 5.73 Å². The van der Waals surface area contributed by atoms with Crippen LogP contribution in [0.4, 0.5) is 0 Å². The number of aryl methyl sites for hydroxylation is 1. The first kappa shape index (κ1) is 13.5. The van der Waals surface area contributed by atoms with Gasteiger partial charge in [-0.15, -0.1) is 0 Å². The first-order chi connectivity index (χ1) is 8.26. The van der Waals surface area contributed by atoms with Crippen LogP contribution in [-0.2, 0) is 16.6 Å². The molecule has 1 saturated carbocycles. The SMILES string of the molecule is Cc1cc(CN)ccc1S(=O)(=O)NC1CC1(C)C. The van der Waals surface area contributed by atoms with E-state index >= 15 is 0 Å². The van der Waals surface area contributed by atoms with E-state index in [0.717, 1.165) is 17.5 Å². The number of rotatable bonds is 4. The molecule has 1 aromatic carbocycles. The minimum Gasteiger partial charge on any atom is -0.326 e. The van der Waals surface area contributed by atoms with Crippen LogP contribution in [0.15, 0.2) is 23.1 Å². The smallest absolute Gasteiger partial charge is 0.241 e. The van der Waals surface area contributed by atoms with Crippen LogP contribution in [0.25, 0.3) is 0 Å². The largest absolute Gasteiger partial charge is 0.326 e. The Morgan fingerprint density at radius 3 is 2.50 bits per heavy atom. The number of hydrogen-bond acceptors (Lipinski definition) is 3. The zero-order chi connectivity index (χ0) is 13.6. The lowest BCUT2D eigenvalue weighted by Crippen LogP contribution is -2.29. The average molecular weight is 268 g/mol. The summed E-state index contributed by atoms with van der Waals surface area (Å²) in [6, 6.07) is 5.28. The molecule has 0 heterocycles. The summed E-state index contributed by atoms with van der Waals surface area (Å²) in [6.45, 7) is 6.34. The van der Waals surface area contributed by atoms with E-state index in [2.05, 4.69) is 18.6 Å². The van der Waals surface area contributed by atoms with Gasteiger partial charge >= 0.3 is 0 Å². The molecule has 1 fully saturated rings. The molecule has 1 aliphatic rings. The van der Waals surface area contributed by atoms with Crippen molar-refractivity contribution in [3.05, 3.63) is 29.3 Å². The first-order valence-corrected chi connectivity index (χ1v) is 7.56. The average Bonchev–Trinajstić information content (AvgIpc) is 2.84. The Morgan fingerprint density at radius 2 is 2.06 bits per heavy atom. The van der Waals surface area contributed by atoms with Gasteiger partial charge in [0.15, 0.2) is 0 Å². The van der Waals surface area contributed by atoms with Gasteiger partial charge in [-0.05, 0) is 36.0 Å². The second kappa shape index (κ2) is 4.33. The van der Waals surface area contributed by atoms with Gasteiger partial charge in [0.2, 0.25) is 10.0 Å². The van der Waals surface area contributed by atoms with E-state index in [1.54, 1.807) is 19.1 Å². The predicted octanol–water partition coefficient (Wildman–Crippen LogP) is 1.53. The van der Waals surface area contributed by atoms with Crippen molar-refractivity contribution in [2.24, 2.45) is 11.1 Å². The predicted molar refractivity (Wildman–Crippen MR) is 71.6 cm³/mol. The highest BCUT2D eigenvalue weighted by Gasteiger charge is 2.47. The molecule has 0 aliphatic heterocycles. The third-order valence-corrected chi connectivity index (χ3v) is 5.21. The van der Waals surface area contributed by atoms with Gasteiger partial charge in [0.1, 0.15) is 0 Å². The molecule has 18 heavy (non-hydrogen) atoms. The van der Waals surface area contributed by atoms with E-state index in [9.17, 15) is 8.42 Å². The van der Waals surface area contributed by atoms with Crippen LogP contribution in [0.5, 0.6) is 0 Å². The summed E-state index contributed by atoms with van der Waals surface area (Å²) < 4.78 is 27.3. The monoisotopic (exact) mass is 268 g/mol. The lowest BCUT2D eigenvalue weighted by Gasteiger charge is -2.11. The Morgan fingerprint density at radius 1 is 1.44 bits per heavy atom. The first-order valence-electron chi connectivity index (χ1n) is 6.08. The topological polar surface area (TPSA) is 72.2 Å². The molecule has 4 nitrogen and oxygen atoms in total. The Balaban J connectivity index is 2.25. The molecule has 5 heteroatoms. The van der Waals surface area contributed by atoms with Crippen molar-refractivity contribution >= 4 is 10.0 Å². The van der Waals surface area contributed by atoms with E-state index in [4.69, 9.17) is 5.73 Å². The van der Waals surface area contributed by atoms with Gasteiger partial charge in [-0.3, -0.25) is 0 Å². The van der Waals surface area contributed by atoms with E-state index in [-0.39, 0.29) is 11.5 Å². The molecule has 0 spiro atoms. The van der Waals surface area contributed by atoms with Crippen LogP contribution in [-0.4, -0.2) is 14.5 Å². The summed E-state index contributed by atoms with van der Waals surface area (Å²) in [5, 5.41) is 0.